The molecule has 0 radical (unpaired) electrons. The van der Waals surface area contributed by atoms with Gasteiger partial charge in [-0.15, -0.1) is 0 Å². The Kier molecular flexibility index (Phi) is 4.30. The van der Waals surface area contributed by atoms with Gasteiger partial charge in [0.2, 0.25) is 0 Å². The molecule has 3 heteroatoms. The molecule has 0 aliphatic rings. The minimum absolute atomic E-state index is 0.0729. The van der Waals surface area contributed by atoms with E-state index in [4.69, 9.17) is 17.3 Å². The molecule has 1 aromatic rings. The Morgan fingerprint density at radius 1 is 1.47 bits per heavy atom. The Morgan fingerprint density at radius 3 is 2.67 bits per heavy atom. The van der Waals surface area contributed by atoms with Crippen LogP contribution in [0.3, 0.4) is 0 Å². The highest BCUT2D eigenvalue weighted by Gasteiger charge is 2.13. The van der Waals surface area contributed by atoms with Gasteiger partial charge in [0.1, 0.15) is 0 Å². The van der Waals surface area contributed by atoms with E-state index >= 15 is 0 Å². The van der Waals surface area contributed by atoms with Crippen LogP contribution in [0.2, 0.25) is 5.02 Å². The quantitative estimate of drug-likeness (QED) is 0.801. The Hall–Kier alpha value is -0.860. The maximum atomic E-state index is 11.8. The molecule has 0 atom stereocenters. The standard InChI is InChI=1S/C12H16ClNO/c1-8(2)10-4-3-9(13)7-11(10)12(15)5-6-14/h3-4,7-8H,5-6,14H2,1-2H3. The van der Waals surface area contributed by atoms with Crippen molar-refractivity contribution < 1.29 is 4.79 Å². The van der Waals surface area contributed by atoms with Gasteiger partial charge in [0.05, 0.1) is 0 Å². The number of carbonyl (C=O) groups is 1. The minimum atomic E-state index is 0.0729. The molecule has 15 heavy (non-hydrogen) atoms. The molecule has 1 rings (SSSR count). The molecule has 0 saturated carbocycles. The normalized spacial score (nSPS) is 10.7. The van der Waals surface area contributed by atoms with Crippen LogP contribution >= 0.6 is 11.6 Å². The van der Waals surface area contributed by atoms with E-state index in [2.05, 4.69) is 13.8 Å². The molecule has 1 aromatic carbocycles. The molecule has 0 saturated heterocycles. The third-order valence-corrected chi connectivity index (χ3v) is 2.54. The van der Waals surface area contributed by atoms with Crippen LogP contribution in [0.25, 0.3) is 0 Å². The molecule has 2 N–H and O–H groups in total. The van der Waals surface area contributed by atoms with E-state index in [1.807, 2.05) is 12.1 Å². The van der Waals surface area contributed by atoms with E-state index in [-0.39, 0.29) is 5.78 Å². The summed E-state index contributed by atoms with van der Waals surface area (Å²) in [5, 5.41) is 0.597. The molecular weight excluding hydrogens is 210 g/mol. The fourth-order valence-electron chi connectivity index (χ4n) is 1.54. The van der Waals surface area contributed by atoms with Crippen LogP contribution in [0.4, 0.5) is 0 Å². The molecule has 0 aromatic heterocycles. The van der Waals surface area contributed by atoms with Crippen LogP contribution in [0.15, 0.2) is 18.2 Å². The lowest BCUT2D eigenvalue weighted by Gasteiger charge is -2.11. The molecule has 0 heterocycles. The zero-order valence-corrected chi connectivity index (χ0v) is 9.84. The van der Waals surface area contributed by atoms with Gasteiger partial charge in [0.15, 0.2) is 5.78 Å². The summed E-state index contributed by atoms with van der Waals surface area (Å²) >= 11 is 5.88. The smallest absolute Gasteiger partial charge is 0.164 e. The first-order chi connectivity index (χ1) is 7.06. The molecule has 0 unspecified atom stereocenters. The van der Waals surface area contributed by atoms with Crippen LogP contribution in [0.5, 0.6) is 0 Å². The third-order valence-electron chi connectivity index (χ3n) is 2.31. The Bertz CT molecular complexity index is 361. The summed E-state index contributed by atoms with van der Waals surface area (Å²) in [5.74, 6) is 0.391. The second-order valence-electron chi connectivity index (χ2n) is 3.85. The van der Waals surface area contributed by atoms with Crippen molar-refractivity contribution in [2.45, 2.75) is 26.2 Å². The summed E-state index contributed by atoms with van der Waals surface area (Å²) in [7, 11) is 0. The minimum Gasteiger partial charge on any atom is -0.330 e. The molecule has 2 nitrogen and oxygen atoms in total. The average molecular weight is 226 g/mol. The molecular formula is C12H16ClNO. The summed E-state index contributed by atoms with van der Waals surface area (Å²) < 4.78 is 0. The number of ketones is 1. The van der Waals surface area contributed by atoms with E-state index in [0.29, 0.717) is 29.5 Å². The molecule has 0 aliphatic heterocycles. The number of Topliss-reactive ketones (excluding diaryl/α,β-unsaturated/α-hetero) is 1. The maximum Gasteiger partial charge on any atom is 0.164 e. The van der Waals surface area contributed by atoms with Gasteiger partial charge in [0, 0.05) is 17.0 Å². The second-order valence-corrected chi connectivity index (χ2v) is 4.28. The van der Waals surface area contributed by atoms with Crippen molar-refractivity contribution in [1.82, 2.24) is 0 Å². The second kappa shape index (κ2) is 5.29. The van der Waals surface area contributed by atoms with Crippen molar-refractivity contribution in [3.05, 3.63) is 34.3 Å². The fourth-order valence-corrected chi connectivity index (χ4v) is 1.71. The van der Waals surface area contributed by atoms with Gasteiger partial charge in [-0.05, 0) is 30.2 Å². The summed E-state index contributed by atoms with van der Waals surface area (Å²) in [6, 6.07) is 5.46. The van der Waals surface area contributed by atoms with E-state index < -0.39 is 0 Å². The van der Waals surface area contributed by atoms with Gasteiger partial charge in [-0.1, -0.05) is 31.5 Å². The highest BCUT2D eigenvalue weighted by Crippen LogP contribution is 2.24. The van der Waals surface area contributed by atoms with E-state index in [1.54, 1.807) is 6.07 Å². The predicted molar refractivity (Wildman–Crippen MR) is 63.5 cm³/mol. The molecule has 0 fully saturated rings. The molecule has 0 aliphatic carbocycles. The van der Waals surface area contributed by atoms with Gasteiger partial charge in [-0.25, -0.2) is 0 Å². The number of benzene rings is 1. The zero-order valence-electron chi connectivity index (χ0n) is 9.09. The molecule has 0 bridgehead atoms. The predicted octanol–water partition coefficient (Wildman–Crippen LogP) is 2.99. The van der Waals surface area contributed by atoms with Gasteiger partial charge in [-0.2, -0.15) is 0 Å². The Morgan fingerprint density at radius 2 is 2.13 bits per heavy atom. The van der Waals surface area contributed by atoms with E-state index in [9.17, 15) is 4.79 Å². The van der Waals surface area contributed by atoms with Gasteiger partial charge in [-0.3, -0.25) is 4.79 Å². The van der Waals surface area contributed by atoms with Crippen molar-refractivity contribution in [3.8, 4) is 0 Å². The summed E-state index contributed by atoms with van der Waals surface area (Å²) in [6.07, 6.45) is 0.375. The van der Waals surface area contributed by atoms with E-state index in [1.165, 1.54) is 0 Å². The number of carbonyl (C=O) groups excluding carboxylic acids is 1. The summed E-state index contributed by atoms with van der Waals surface area (Å²) in [4.78, 5) is 11.8. The Balaban J connectivity index is 3.12. The largest absolute Gasteiger partial charge is 0.330 e. The van der Waals surface area contributed by atoms with Crippen molar-refractivity contribution >= 4 is 17.4 Å². The van der Waals surface area contributed by atoms with Gasteiger partial charge < -0.3 is 5.73 Å². The lowest BCUT2D eigenvalue weighted by Crippen LogP contribution is -2.11. The van der Waals surface area contributed by atoms with Crippen LogP contribution < -0.4 is 5.73 Å². The molecule has 82 valence electrons. The maximum absolute atomic E-state index is 11.8. The van der Waals surface area contributed by atoms with Crippen molar-refractivity contribution in [2.75, 3.05) is 6.54 Å². The molecule has 0 spiro atoms. The summed E-state index contributed by atoms with van der Waals surface area (Å²) in [5.41, 5.74) is 7.13. The highest BCUT2D eigenvalue weighted by molar-refractivity contribution is 6.31. The fraction of sp³-hybridized carbons (Fsp3) is 0.417. The van der Waals surface area contributed by atoms with Crippen molar-refractivity contribution in [1.29, 1.82) is 0 Å². The molecule has 0 amide bonds. The summed E-state index contributed by atoms with van der Waals surface area (Å²) in [6.45, 7) is 4.49. The third kappa shape index (κ3) is 3.05. The van der Waals surface area contributed by atoms with Crippen LogP contribution in [0, 0.1) is 0 Å². The van der Waals surface area contributed by atoms with Crippen molar-refractivity contribution in [2.24, 2.45) is 5.73 Å². The SMILES string of the molecule is CC(C)c1ccc(Cl)cc1C(=O)CCN. The lowest BCUT2D eigenvalue weighted by molar-refractivity contribution is 0.0984. The zero-order chi connectivity index (χ0) is 11.4. The monoisotopic (exact) mass is 225 g/mol. The Labute approximate surface area is 95.4 Å². The van der Waals surface area contributed by atoms with E-state index in [0.717, 1.165) is 5.56 Å². The average Bonchev–Trinajstić information content (AvgIpc) is 2.17. The number of rotatable bonds is 4. The van der Waals surface area contributed by atoms with Gasteiger partial charge in [0.25, 0.3) is 0 Å². The first-order valence-corrected chi connectivity index (χ1v) is 5.46. The number of hydrogen-bond acceptors (Lipinski definition) is 2. The number of nitrogens with two attached hydrogens (primary N) is 1. The highest BCUT2D eigenvalue weighted by atomic mass is 35.5. The van der Waals surface area contributed by atoms with Gasteiger partial charge >= 0.3 is 0 Å². The first-order valence-electron chi connectivity index (χ1n) is 5.09. The van der Waals surface area contributed by atoms with Crippen LogP contribution in [-0.4, -0.2) is 12.3 Å². The first kappa shape index (κ1) is 12.2. The number of halogens is 1. The topological polar surface area (TPSA) is 43.1 Å². The van der Waals surface area contributed by atoms with Crippen LogP contribution in [-0.2, 0) is 0 Å². The lowest BCUT2D eigenvalue weighted by atomic mass is 9.94. The van der Waals surface area contributed by atoms with Crippen LogP contribution in [0.1, 0.15) is 42.1 Å². The number of hydrogen-bond donors (Lipinski definition) is 1. The van der Waals surface area contributed by atoms with Crippen molar-refractivity contribution in [3.63, 3.8) is 0 Å².